The highest BCUT2D eigenvalue weighted by molar-refractivity contribution is 5.79. The largest absolute Gasteiger partial charge is 0.450 e. The van der Waals surface area contributed by atoms with Crippen LogP contribution in [-0.4, -0.2) is 54.6 Å². The quantitative estimate of drug-likeness (QED) is 0.770. The lowest BCUT2D eigenvalue weighted by Gasteiger charge is -2.35. The third-order valence-electron chi connectivity index (χ3n) is 6.23. The number of likely N-dealkylation sites (tertiary alicyclic amines) is 2. The maximum Gasteiger partial charge on any atom is 0.409 e. The Hall–Kier alpha value is -2.08. The van der Waals surface area contributed by atoms with E-state index in [0.717, 1.165) is 23.9 Å². The fourth-order valence-corrected chi connectivity index (χ4v) is 4.81. The number of carbonyl (C=O) groups excluding carboxylic acids is 2. The Labute approximate surface area is 180 Å². The molecule has 1 aromatic rings. The zero-order valence-corrected chi connectivity index (χ0v) is 18.7. The van der Waals surface area contributed by atoms with E-state index >= 15 is 0 Å². The highest BCUT2D eigenvalue weighted by Crippen LogP contribution is 2.23. The van der Waals surface area contributed by atoms with Crippen molar-refractivity contribution in [3.63, 3.8) is 0 Å². The summed E-state index contributed by atoms with van der Waals surface area (Å²) in [6.45, 7) is 11.9. The van der Waals surface area contributed by atoms with E-state index in [9.17, 15) is 9.59 Å². The lowest BCUT2D eigenvalue weighted by atomic mass is 9.91. The van der Waals surface area contributed by atoms with Crippen LogP contribution in [0.1, 0.15) is 51.2 Å². The number of nitrogens with one attached hydrogen (secondary N) is 1. The summed E-state index contributed by atoms with van der Waals surface area (Å²) in [5.74, 6) is 1.59. The normalized spacial score (nSPS) is 23.2. The van der Waals surface area contributed by atoms with Crippen LogP contribution in [0.5, 0.6) is 0 Å². The minimum absolute atomic E-state index is 0.0296. The number of benzene rings is 1. The van der Waals surface area contributed by atoms with Gasteiger partial charge in [-0.05, 0) is 49.1 Å². The number of rotatable bonds is 6. The van der Waals surface area contributed by atoms with Crippen LogP contribution in [0.15, 0.2) is 24.3 Å². The Morgan fingerprint density at radius 1 is 1.03 bits per heavy atom. The number of amides is 2. The van der Waals surface area contributed by atoms with Gasteiger partial charge in [-0.3, -0.25) is 9.69 Å². The van der Waals surface area contributed by atoms with Crippen LogP contribution in [0.3, 0.4) is 0 Å². The molecular formula is C24H37N3O3. The van der Waals surface area contributed by atoms with Gasteiger partial charge in [0, 0.05) is 45.2 Å². The molecule has 2 heterocycles. The molecule has 0 bridgehead atoms. The Kier molecular flexibility index (Phi) is 8.14. The molecule has 166 valence electrons. The fourth-order valence-electron chi connectivity index (χ4n) is 4.81. The summed E-state index contributed by atoms with van der Waals surface area (Å²) in [5, 5.41) is 3.07. The van der Waals surface area contributed by atoms with Gasteiger partial charge in [-0.2, -0.15) is 0 Å². The monoisotopic (exact) mass is 415 g/mol. The Bertz CT molecular complexity index is 688. The van der Waals surface area contributed by atoms with Crippen LogP contribution in [0.4, 0.5) is 4.79 Å². The number of ether oxygens (including phenoxy) is 1. The molecule has 3 rings (SSSR count). The molecule has 6 heteroatoms. The first-order valence-corrected chi connectivity index (χ1v) is 11.4. The molecule has 0 spiro atoms. The Balaban J connectivity index is 1.41. The number of piperidine rings is 2. The molecule has 2 atom stereocenters. The molecule has 6 nitrogen and oxygen atoms in total. The first kappa shape index (κ1) is 22.6. The zero-order valence-electron chi connectivity index (χ0n) is 18.7. The summed E-state index contributed by atoms with van der Waals surface area (Å²) in [5.41, 5.74) is 2.45. The predicted octanol–water partition coefficient (Wildman–Crippen LogP) is 3.65. The fraction of sp³-hybridized carbons (Fsp3) is 0.667. The molecular weight excluding hydrogens is 378 g/mol. The van der Waals surface area contributed by atoms with Crippen molar-refractivity contribution in [3.8, 4) is 0 Å². The summed E-state index contributed by atoms with van der Waals surface area (Å²) >= 11 is 0. The lowest BCUT2D eigenvalue weighted by Crippen LogP contribution is -2.43. The van der Waals surface area contributed by atoms with Gasteiger partial charge in [0.05, 0.1) is 6.61 Å². The second-order valence-corrected chi connectivity index (χ2v) is 9.13. The first-order chi connectivity index (χ1) is 14.4. The maximum absolute atomic E-state index is 12.5. The van der Waals surface area contributed by atoms with Gasteiger partial charge in [-0.15, -0.1) is 0 Å². The van der Waals surface area contributed by atoms with Crippen molar-refractivity contribution in [2.24, 2.45) is 17.8 Å². The molecule has 2 amide bonds. The van der Waals surface area contributed by atoms with E-state index in [2.05, 4.69) is 48.3 Å². The molecule has 0 aliphatic carbocycles. The van der Waals surface area contributed by atoms with Gasteiger partial charge in [0.1, 0.15) is 0 Å². The van der Waals surface area contributed by atoms with Gasteiger partial charge in [-0.1, -0.05) is 38.1 Å². The van der Waals surface area contributed by atoms with Crippen molar-refractivity contribution in [1.29, 1.82) is 0 Å². The molecule has 2 aliphatic rings. The summed E-state index contributed by atoms with van der Waals surface area (Å²) < 4.78 is 5.03. The van der Waals surface area contributed by atoms with Crippen LogP contribution >= 0.6 is 0 Å². The Morgan fingerprint density at radius 3 is 2.23 bits per heavy atom. The van der Waals surface area contributed by atoms with Gasteiger partial charge in [0.15, 0.2) is 0 Å². The first-order valence-electron chi connectivity index (χ1n) is 11.4. The van der Waals surface area contributed by atoms with Gasteiger partial charge in [0.2, 0.25) is 5.91 Å². The SMILES string of the molecule is CCOC(=O)N1CCC(C(=O)NCc2ccc(CN3CC(C)CC(C)C3)cc2)CC1. The second kappa shape index (κ2) is 10.8. The summed E-state index contributed by atoms with van der Waals surface area (Å²) in [6, 6.07) is 8.61. The topological polar surface area (TPSA) is 61.9 Å². The second-order valence-electron chi connectivity index (χ2n) is 9.13. The van der Waals surface area contributed by atoms with E-state index in [1.165, 1.54) is 25.1 Å². The van der Waals surface area contributed by atoms with E-state index in [0.29, 0.717) is 39.1 Å². The van der Waals surface area contributed by atoms with Crippen LogP contribution in [0.25, 0.3) is 0 Å². The standard InChI is InChI=1S/C24H37N3O3/c1-4-30-24(29)27-11-9-22(10-12-27)23(28)25-14-20-5-7-21(8-6-20)17-26-15-18(2)13-19(3)16-26/h5-8,18-19,22H,4,9-17H2,1-3H3,(H,25,28). The number of carbonyl (C=O) groups is 2. The van der Waals surface area contributed by atoms with Crippen LogP contribution < -0.4 is 5.32 Å². The maximum atomic E-state index is 12.5. The molecule has 0 radical (unpaired) electrons. The molecule has 1 N–H and O–H groups in total. The van der Waals surface area contributed by atoms with E-state index in [1.807, 2.05) is 0 Å². The molecule has 2 saturated heterocycles. The number of hydrogen-bond acceptors (Lipinski definition) is 4. The van der Waals surface area contributed by atoms with Crippen molar-refractivity contribution in [1.82, 2.24) is 15.1 Å². The summed E-state index contributed by atoms with van der Waals surface area (Å²) in [4.78, 5) is 28.5. The van der Waals surface area contributed by atoms with E-state index in [-0.39, 0.29) is 17.9 Å². The van der Waals surface area contributed by atoms with Crippen LogP contribution in [0, 0.1) is 17.8 Å². The zero-order chi connectivity index (χ0) is 21.5. The van der Waals surface area contributed by atoms with E-state index in [4.69, 9.17) is 4.74 Å². The van der Waals surface area contributed by atoms with Gasteiger partial charge >= 0.3 is 6.09 Å². The Morgan fingerprint density at radius 2 is 1.63 bits per heavy atom. The average molecular weight is 416 g/mol. The number of nitrogens with zero attached hydrogens (tertiary/aromatic N) is 2. The van der Waals surface area contributed by atoms with E-state index < -0.39 is 0 Å². The molecule has 2 aliphatic heterocycles. The highest BCUT2D eigenvalue weighted by Gasteiger charge is 2.27. The van der Waals surface area contributed by atoms with E-state index in [1.54, 1.807) is 11.8 Å². The third-order valence-corrected chi connectivity index (χ3v) is 6.23. The molecule has 30 heavy (non-hydrogen) atoms. The molecule has 2 unspecified atom stereocenters. The third kappa shape index (κ3) is 6.46. The van der Waals surface area contributed by atoms with Crippen LogP contribution in [0.2, 0.25) is 0 Å². The molecule has 2 fully saturated rings. The van der Waals surface area contributed by atoms with Crippen molar-refractivity contribution in [2.45, 2.75) is 53.1 Å². The smallest absolute Gasteiger partial charge is 0.409 e. The lowest BCUT2D eigenvalue weighted by molar-refractivity contribution is -0.126. The van der Waals surface area contributed by atoms with Gasteiger partial charge < -0.3 is 15.0 Å². The minimum Gasteiger partial charge on any atom is -0.450 e. The minimum atomic E-state index is -0.273. The molecule has 0 aromatic heterocycles. The van der Waals surface area contributed by atoms with Crippen molar-refractivity contribution in [2.75, 3.05) is 32.8 Å². The predicted molar refractivity (Wildman–Crippen MR) is 118 cm³/mol. The number of hydrogen-bond donors (Lipinski definition) is 1. The van der Waals surface area contributed by atoms with Gasteiger partial charge in [0.25, 0.3) is 0 Å². The summed E-state index contributed by atoms with van der Waals surface area (Å²) in [6.07, 6.45) is 2.44. The highest BCUT2D eigenvalue weighted by atomic mass is 16.6. The van der Waals surface area contributed by atoms with Crippen molar-refractivity contribution in [3.05, 3.63) is 35.4 Å². The van der Waals surface area contributed by atoms with Crippen molar-refractivity contribution < 1.29 is 14.3 Å². The molecule has 1 aromatic carbocycles. The summed E-state index contributed by atoms with van der Waals surface area (Å²) in [7, 11) is 0. The molecule has 0 saturated carbocycles. The van der Waals surface area contributed by atoms with Crippen LogP contribution in [-0.2, 0) is 22.6 Å². The van der Waals surface area contributed by atoms with Crippen molar-refractivity contribution >= 4 is 12.0 Å². The van der Waals surface area contributed by atoms with Gasteiger partial charge in [-0.25, -0.2) is 4.79 Å². The average Bonchev–Trinajstić information content (AvgIpc) is 2.72.